The number of benzene rings is 1. The van der Waals surface area contributed by atoms with Crippen molar-refractivity contribution in [3.63, 3.8) is 0 Å². The second kappa shape index (κ2) is 6.74. The molecular formula is C17H24FN3. The molecule has 2 aromatic rings. The predicted molar refractivity (Wildman–Crippen MR) is 85.6 cm³/mol. The first-order valence-corrected chi connectivity index (χ1v) is 7.66. The number of nitrogens with zero attached hydrogens (tertiary/aromatic N) is 2. The average molecular weight is 289 g/mol. The van der Waals surface area contributed by atoms with Crippen molar-refractivity contribution in [2.24, 2.45) is 7.05 Å². The number of hydrogen-bond donors (Lipinski definition) is 1. The van der Waals surface area contributed by atoms with Crippen molar-refractivity contribution in [2.45, 2.75) is 45.4 Å². The Balaban J connectivity index is 2.49. The molecule has 3 nitrogen and oxygen atoms in total. The van der Waals surface area contributed by atoms with Crippen molar-refractivity contribution in [3.8, 4) is 11.1 Å². The molecule has 0 bridgehead atoms. The summed E-state index contributed by atoms with van der Waals surface area (Å²) in [4.78, 5) is 0. The van der Waals surface area contributed by atoms with Crippen LogP contribution in [0, 0.1) is 5.82 Å². The molecule has 21 heavy (non-hydrogen) atoms. The van der Waals surface area contributed by atoms with Gasteiger partial charge in [0.05, 0.1) is 5.69 Å². The van der Waals surface area contributed by atoms with E-state index in [1.54, 1.807) is 10.7 Å². The molecule has 1 heterocycles. The van der Waals surface area contributed by atoms with E-state index in [1.807, 2.05) is 13.1 Å². The lowest BCUT2D eigenvalue weighted by Crippen LogP contribution is -2.01. The van der Waals surface area contributed by atoms with Crippen molar-refractivity contribution < 1.29 is 4.39 Å². The standard InChI is InChI=1S/C17H24FN3/c1-4-6-8-12(5-2)16-15(17(19)21(3)20-16)13-9-7-10-14(18)11-13/h7,9-12H,4-6,8,19H2,1-3H3. The molecule has 1 aromatic carbocycles. The molecular weight excluding hydrogens is 265 g/mol. The Kier molecular flexibility index (Phi) is 4.99. The molecule has 0 fully saturated rings. The fraction of sp³-hybridized carbons (Fsp3) is 0.471. The number of unbranched alkanes of at least 4 members (excludes halogenated alkanes) is 1. The number of anilines is 1. The van der Waals surface area contributed by atoms with Crippen LogP contribution in [0.25, 0.3) is 11.1 Å². The van der Waals surface area contributed by atoms with Gasteiger partial charge in [-0.1, -0.05) is 38.8 Å². The van der Waals surface area contributed by atoms with E-state index in [0.717, 1.165) is 42.5 Å². The summed E-state index contributed by atoms with van der Waals surface area (Å²) in [6.07, 6.45) is 4.43. The van der Waals surface area contributed by atoms with Gasteiger partial charge in [-0.05, 0) is 30.5 Å². The molecule has 0 saturated heterocycles. The molecule has 0 aliphatic heterocycles. The highest BCUT2D eigenvalue weighted by molar-refractivity contribution is 5.77. The monoisotopic (exact) mass is 289 g/mol. The number of aryl methyl sites for hydroxylation is 1. The van der Waals surface area contributed by atoms with E-state index in [-0.39, 0.29) is 5.82 Å². The summed E-state index contributed by atoms with van der Waals surface area (Å²) in [6.45, 7) is 4.35. The first kappa shape index (κ1) is 15.5. The van der Waals surface area contributed by atoms with Gasteiger partial charge in [0.2, 0.25) is 0 Å². The van der Waals surface area contributed by atoms with Crippen LogP contribution < -0.4 is 5.73 Å². The lowest BCUT2D eigenvalue weighted by atomic mass is 9.91. The Hall–Kier alpha value is -1.84. The van der Waals surface area contributed by atoms with E-state index >= 15 is 0 Å². The van der Waals surface area contributed by atoms with Gasteiger partial charge < -0.3 is 5.73 Å². The third kappa shape index (κ3) is 3.26. The summed E-state index contributed by atoms with van der Waals surface area (Å²) >= 11 is 0. The maximum Gasteiger partial charge on any atom is 0.129 e. The summed E-state index contributed by atoms with van der Waals surface area (Å²) < 4.78 is 15.2. The lowest BCUT2D eigenvalue weighted by molar-refractivity contribution is 0.549. The second-order valence-electron chi connectivity index (χ2n) is 5.53. The summed E-state index contributed by atoms with van der Waals surface area (Å²) in [5.74, 6) is 0.723. The molecule has 1 atom stereocenters. The van der Waals surface area contributed by atoms with Crippen LogP contribution in [-0.2, 0) is 7.05 Å². The van der Waals surface area contributed by atoms with E-state index in [4.69, 9.17) is 5.73 Å². The van der Waals surface area contributed by atoms with Gasteiger partial charge in [-0.25, -0.2) is 4.39 Å². The largest absolute Gasteiger partial charge is 0.383 e. The summed E-state index contributed by atoms with van der Waals surface area (Å²) in [6, 6.07) is 6.59. The van der Waals surface area contributed by atoms with Crippen molar-refractivity contribution in [3.05, 3.63) is 35.8 Å². The normalized spacial score (nSPS) is 12.6. The first-order valence-electron chi connectivity index (χ1n) is 7.66. The number of rotatable bonds is 6. The summed E-state index contributed by atoms with van der Waals surface area (Å²) in [5.41, 5.74) is 8.88. The molecule has 0 saturated carbocycles. The zero-order valence-corrected chi connectivity index (χ0v) is 13.1. The van der Waals surface area contributed by atoms with Crippen molar-refractivity contribution in [1.29, 1.82) is 0 Å². The quantitative estimate of drug-likeness (QED) is 0.851. The van der Waals surface area contributed by atoms with Crippen molar-refractivity contribution >= 4 is 5.82 Å². The smallest absolute Gasteiger partial charge is 0.129 e. The number of nitrogen functional groups attached to an aromatic ring is 1. The van der Waals surface area contributed by atoms with Crippen LogP contribution in [0.15, 0.2) is 24.3 Å². The Morgan fingerprint density at radius 2 is 2.10 bits per heavy atom. The van der Waals surface area contributed by atoms with Crippen LogP contribution in [0.3, 0.4) is 0 Å². The molecule has 0 aliphatic carbocycles. The molecule has 2 rings (SSSR count). The topological polar surface area (TPSA) is 43.8 Å². The van der Waals surface area contributed by atoms with E-state index in [2.05, 4.69) is 18.9 Å². The average Bonchev–Trinajstić information content (AvgIpc) is 2.76. The van der Waals surface area contributed by atoms with Crippen LogP contribution in [-0.4, -0.2) is 9.78 Å². The second-order valence-corrected chi connectivity index (χ2v) is 5.53. The van der Waals surface area contributed by atoms with Gasteiger partial charge in [-0.15, -0.1) is 0 Å². The van der Waals surface area contributed by atoms with Crippen molar-refractivity contribution in [2.75, 3.05) is 5.73 Å². The van der Waals surface area contributed by atoms with Crippen LogP contribution in [0.4, 0.5) is 10.2 Å². The maximum atomic E-state index is 13.5. The van der Waals surface area contributed by atoms with Gasteiger partial charge in [0.25, 0.3) is 0 Å². The third-order valence-electron chi connectivity index (χ3n) is 4.02. The highest BCUT2D eigenvalue weighted by atomic mass is 19.1. The molecule has 4 heteroatoms. The molecule has 114 valence electrons. The van der Waals surface area contributed by atoms with E-state index < -0.39 is 0 Å². The Morgan fingerprint density at radius 1 is 1.33 bits per heavy atom. The SMILES string of the molecule is CCCCC(CC)c1nn(C)c(N)c1-c1cccc(F)c1. The number of nitrogens with two attached hydrogens (primary N) is 1. The number of aromatic nitrogens is 2. The van der Waals surface area contributed by atoms with Gasteiger partial charge in [0.1, 0.15) is 11.6 Å². The van der Waals surface area contributed by atoms with E-state index in [1.165, 1.54) is 12.1 Å². The molecule has 2 N–H and O–H groups in total. The first-order chi connectivity index (χ1) is 10.1. The molecule has 1 aromatic heterocycles. The molecule has 0 spiro atoms. The minimum Gasteiger partial charge on any atom is -0.383 e. The highest BCUT2D eigenvalue weighted by Crippen LogP contribution is 2.37. The lowest BCUT2D eigenvalue weighted by Gasteiger charge is -2.14. The highest BCUT2D eigenvalue weighted by Gasteiger charge is 2.22. The van der Waals surface area contributed by atoms with Crippen LogP contribution in [0.5, 0.6) is 0 Å². The molecule has 0 amide bonds. The zero-order valence-electron chi connectivity index (χ0n) is 13.1. The van der Waals surface area contributed by atoms with Crippen LogP contribution >= 0.6 is 0 Å². The van der Waals surface area contributed by atoms with Crippen LogP contribution in [0.2, 0.25) is 0 Å². The van der Waals surface area contributed by atoms with Gasteiger partial charge in [-0.2, -0.15) is 5.10 Å². The summed E-state index contributed by atoms with van der Waals surface area (Å²) in [7, 11) is 1.84. The Bertz CT molecular complexity index is 604. The predicted octanol–water partition coefficient (Wildman–Crippen LogP) is 4.49. The van der Waals surface area contributed by atoms with E-state index in [0.29, 0.717) is 11.7 Å². The molecule has 0 radical (unpaired) electrons. The van der Waals surface area contributed by atoms with Crippen molar-refractivity contribution in [1.82, 2.24) is 9.78 Å². The maximum absolute atomic E-state index is 13.5. The van der Waals surface area contributed by atoms with Crippen LogP contribution in [0.1, 0.15) is 51.1 Å². The fourth-order valence-electron chi connectivity index (χ4n) is 2.77. The Morgan fingerprint density at radius 3 is 2.71 bits per heavy atom. The van der Waals surface area contributed by atoms with Gasteiger partial charge in [0, 0.05) is 18.5 Å². The van der Waals surface area contributed by atoms with Gasteiger partial charge in [0.15, 0.2) is 0 Å². The van der Waals surface area contributed by atoms with E-state index in [9.17, 15) is 4.39 Å². The molecule has 0 aliphatic rings. The molecule has 1 unspecified atom stereocenters. The van der Waals surface area contributed by atoms with Gasteiger partial charge >= 0.3 is 0 Å². The minimum absolute atomic E-state index is 0.247. The Labute approximate surface area is 126 Å². The minimum atomic E-state index is -0.247. The third-order valence-corrected chi connectivity index (χ3v) is 4.02. The number of halogens is 1. The zero-order chi connectivity index (χ0) is 15.4. The van der Waals surface area contributed by atoms with Gasteiger partial charge in [-0.3, -0.25) is 4.68 Å². The number of hydrogen-bond acceptors (Lipinski definition) is 2. The fourth-order valence-corrected chi connectivity index (χ4v) is 2.77. The summed E-state index contributed by atoms with van der Waals surface area (Å²) in [5, 5.41) is 4.61.